The number of aromatic nitrogens is 1. The Morgan fingerprint density at radius 2 is 2.27 bits per heavy atom. The number of aliphatic hydroxyl groups excluding tert-OH is 1. The van der Waals surface area contributed by atoms with E-state index >= 15 is 0 Å². The summed E-state index contributed by atoms with van der Waals surface area (Å²) < 4.78 is 0. The Bertz CT molecular complexity index is 367. The van der Waals surface area contributed by atoms with E-state index < -0.39 is 0 Å². The van der Waals surface area contributed by atoms with Crippen LogP contribution in [0.5, 0.6) is 0 Å². The first-order valence-electron chi connectivity index (χ1n) is 5.29. The van der Waals surface area contributed by atoms with Crippen molar-refractivity contribution >= 4 is 11.6 Å². The number of fused-ring (bicyclic) bond motifs is 2. The second kappa shape index (κ2) is 3.44. The van der Waals surface area contributed by atoms with E-state index in [0.717, 1.165) is 12.8 Å². The molecule has 2 aliphatic heterocycles. The zero-order valence-electron chi connectivity index (χ0n) is 8.23. The maximum absolute atomic E-state index is 9.80. The monoisotopic (exact) mass is 224 g/mol. The van der Waals surface area contributed by atoms with Crippen molar-refractivity contribution in [2.75, 3.05) is 0 Å². The molecule has 15 heavy (non-hydrogen) atoms. The maximum atomic E-state index is 9.80. The molecule has 1 aromatic heterocycles. The number of pyridine rings is 1. The van der Waals surface area contributed by atoms with Crippen LogP contribution < -0.4 is 5.32 Å². The Labute approximate surface area is 93.5 Å². The SMILES string of the molecule is O[C@H]1CC2CC(c3ccc(Cl)nc3)C1N2. The third-order valence-corrected chi connectivity index (χ3v) is 3.74. The van der Waals surface area contributed by atoms with Crippen molar-refractivity contribution in [2.24, 2.45) is 0 Å². The molecule has 3 nitrogen and oxygen atoms in total. The number of halogens is 1. The van der Waals surface area contributed by atoms with Crippen molar-refractivity contribution in [2.45, 2.75) is 36.9 Å². The molecule has 80 valence electrons. The summed E-state index contributed by atoms with van der Waals surface area (Å²) in [4.78, 5) is 4.09. The third-order valence-electron chi connectivity index (χ3n) is 3.52. The lowest BCUT2D eigenvalue weighted by Crippen LogP contribution is -2.32. The quantitative estimate of drug-likeness (QED) is 0.708. The molecule has 3 heterocycles. The molecule has 2 fully saturated rings. The van der Waals surface area contributed by atoms with E-state index in [-0.39, 0.29) is 12.1 Å². The summed E-state index contributed by atoms with van der Waals surface area (Å²) in [6, 6.07) is 4.51. The van der Waals surface area contributed by atoms with Crippen LogP contribution in [0.15, 0.2) is 18.3 Å². The summed E-state index contributed by atoms with van der Waals surface area (Å²) >= 11 is 5.75. The van der Waals surface area contributed by atoms with Crippen molar-refractivity contribution in [1.29, 1.82) is 0 Å². The Balaban J connectivity index is 1.86. The van der Waals surface area contributed by atoms with Gasteiger partial charge in [-0.25, -0.2) is 4.98 Å². The maximum Gasteiger partial charge on any atom is 0.129 e. The Morgan fingerprint density at radius 3 is 2.87 bits per heavy atom. The molecule has 1 aromatic rings. The van der Waals surface area contributed by atoms with E-state index in [9.17, 15) is 5.11 Å². The molecule has 0 amide bonds. The molecule has 4 atom stereocenters. The number of nitrogens with one attached hydrogen (secondary N) is 1. The summed E-state index contributed by atoms with van der Waals surface area (Å²) in [6.07, 6.45) is 3.61. The van der Waals surface area contributed by atoms with Gasteiger partial charge in [0, 0.05) is 24.2 Å². The molecule has 4 heteroatoms. The van der Waals surface area contributed by atoms with Crippen molar-refractivity contribution in [3.63, 3.8) is 0 Å². The van der Waals surface area contributed by atoms with Crippen LogP contribution in [0, 0.1) is 0 Å². The molecule has 0 aromatic carbocycles. The topological polar surface area (TPSA) is 45.2 Å². The molecule has 3 unspecified atom stereocenters. The fourth-order valence-electron chi connectivity index (χ4n) is 2.84. The van der Waals surface area contributed by atoms with Crippen LogP contribution in [0.1, 0.15) is 24.3 Å². The molecule has 2 N–H and O–H groups in total. The highest BCUT2D eigenvalue weighted by Crippen LogP contribution is 2.39. The second-order valence-electron chi connectivity index (χ2n) is 4.45. The van der Waals surface area contributed by atoms with Crippen LogP contribution in [0.3, 0.4) is 0 Å². The lowest BCUT2D eigenvalue weighted by atomic mass is 9.83. The van der Waals surface area contributed by atoms with E-state index in [2.05, 4.69) is 10.3 Å². The van der Waals surface area contributed by atoms with Gasteiger partial charge in [0.05, 0.1) is 6.10 Å². The lowest BCUT2D eigenvalue weighted by molar-refractivity contribution is 0.135. The minimum absolute atomic E-state index is 0.204. The number of nitrogens with zero attached hydrogens (tertiary/aromatic N) is 1. The van der Waals surface area contributed by atoms with Crippen LogP contribution in [0.4, 0.5) is 0 Å². The van der Waals surface area contributed by atoms with Gasteiger partial charge in [0.2, 0.25) is 0 Å². The zero-order valence-corrected chi connectivity index (χ0v) is 8.98. The number of aliphatic hydroxyl groups is 1. The summed E-state index contributed by atoms with van der Waals surface area (Å²) in [5.74, 6) is 0.392. The standard InChI is InChI=1S/C11H13ClN2O/c12-10-2-1-6(5-13-10)8-3-7-4-9(15)11(8)14-7/h1-2,5,7-9,11,14-15H,3-4H2/t7?,8?,9-,11?/m0/s1. The minimum Gasteiger partial charge on any atom is -0.391 e. The van der Waals surface area contributed by atoms with Crippen molar-refractivity contribution < 1.29 is 5.11 Å². The molecule has 3 rings (SSSR count). The van der Waals surface area contributed by atoms with Gasteiger partial charge in [0.25, 0.3) is 0 Å². The van der Waals surface area contributed by atoms with Crippen molar-refractivity contribution in [1.82, 2.24) is 10.3 Å². The second-order valence-corrected chi connectivity index (χ2v) is 4.84. The van der Waals surface area contributed by atoms with Gasteiger partial charge in [0.15, 0.2) is 0 Å². The lowest BCUT2D eigenvalue weighted by Gasteiger charge is -2.24. The Morgan fingerprint density at radius 1 is 1.40 bits per heavy atom. The summed E-state index contributed by atoms with van der Waals surface area (Å²) in [5, 5.41) is 13.8. The average molecular weight is 225 g/mol. The van der Waals surface area contributed by atoms with E-state index in [1.165, 1.54) is 5.56 Å². The average Bonchev–Trinajstić information content (AvgIpc) is 2.77. The molecule has 2 saturated heterocycles. The van der Waals surface area contributed by atoms with Crippen molar-refractivity contribution in [3.8, 4) is 0 Å². The summed E-state index contributed by atoms with van der Waals surface area (Å²) in [7, 11) is 0. The number of hydrogen-bond donors (Lipinski definition) is 2. The van der Waals surface area contributed by atoms with E-state index in [4.69, 9.17) is 11.6 Å². The molecule has 0 radical (unpaired) electrons. The number of hydrogen-bond acceptors (Lipinski definition) is 3. The highest BCUT2D eigenvalue weighted by molar-refractivity contribution is 6.29. The molecule has 0 spiro atoms. The first-order chi connectivity index (χ1) is 7.24. The number of rotatable bonds is 1. The van der Waals surface area contributed by atoms with Gasteiger partial charge in [0.1, 0.15) is 5.15 Å². The molecular formula is C11H13ClN2O. The van der Waals surface area contributed by atoms with Crippen LogP contribution in [0.25, 0.3) is 0 Å². The predicted octanol–water partition coefficient (Wildman–Crippen LogP) is 1.31. The fraction of sp³-hybridized carbons (Fsp3) is 0.545. The van der Waals surface area contributed by atoms with E-state index in [0.29, 0.717) is 17.1 Å². The van der Waals surface area contributed by atoms with Gasteiger partial charge in [-0.1, -0.05) is 17.7 Å². The van der Waals surface area contributed by atoms with Gasteiger partial charge in [-0.15, -0.1) is 0 Å². The molecule has 2 bridgehead atoms. The van der Waals surface area contributed by atoms with Gasteiger partial charge in [-0.3, -0.25) is 0 Å². The molecular weight excluding hydrogens is 212 g/mol. The van der Waals surface area contributed by atoms with E-state index in [1.807, 2.05) is 18.3 Å². The highest BCUT2D eigenvalue weighted by Gasteiger charge is 2.45. The summed E-state index contributed by atoms with van der Waals surface area (Å²) in [6.45, 7) is 0. The van der Waals surface area contributed by atoms with E-state index in [1.54, 1.807) is 0 Å². The highest BCUT2D eigenvalue weighted by atomic mass is 35.5. The van der Waals surface area contributed by atoms with Crippen LogP contribution in [-0.2, 0) is 0 Å². The van der Waals surface area contributed by atoms with Gasteiger partial charge < -0.3 is 10.4 Å². The first kappa shape index (κ1) is 9.58. The van der Waals surface area contributed by atoms with Gasteiger partial charge in [-0.2, -0.15) is 0 Å². The van der Waals surface area contributed by atoms with Gasteiger partial charge >= 0.3 is 0 Å². The third kappa shape index (κ3) is 1.55. The van der Waals surface area contributed by atoms with Crippen LogP contribution in [0.2, 0.25) is 5.15 Å². The normalized spacial score (nSPS) is 38.5. The minimum atomic E-state index is -0.204. The first-order valence-corrected chi connectivity index (χ1v) is 5.67. The predicted molar refractivity (Wildman–Crippen MR) is 57.9 cm³/mol. The Kier molecular flexibility index (Phi) is 2.20. The smallest absolute Gasteiger partial charge is 0.129 e. The molecule has 0 aliphatic carbocycles. The fourth-order valence-corrected chi connectivity index (χ4v) is 2.95. The van der Waals surface area contributed by atoms with Crippen molar-refractivity contribution in [3.05, 3.63) is 29.0 Å². The molecule has 2 aliphatic rings. The largest absolute Gasteiger partial charge is 0.391 e. The van der Waals surface area contributed by atoms with Crippen LogP contribution in [-0.4, -0.2) is 28.3 Å². The van der Waals surface area contributed by atoms with Gasteiger partial charge in [-0.05, 0) is 24.5 Å². The molecule has 0 saturated carbocycles. The van der Waals surface area contributed by atoms with Crippen LogP contribution >= 0.6 is 11.6 Å². The summed E-state index contributed by atoms with van der Waals surface area (Å²) in [5.41, 5.74) is 1.18. The Hall–Kier alpha value is -0.640. The zero-order chi connectivity index (χ0) is 10.4.